The van der Waals surface area contributed by atoms with Crippen LogP contribution in [0.25, 0.3) is 0 Å². The number of likely N-dealkylation sites (tertiary alicyclic amines) is 2. The number of piperidine rings is 3. The Morgan fingerprint density at radius 2 is 1.74 bits per heavy atom. The van der Waals surface area contributed by atoms with E-state index in [2.05, 4.69) is 10.6 Å². The van der Waals surface area contributed by atoms with Crippen LogP contribution in [0.5, 0.6) is 0 Å². The van der Waals surface area contributed by atoms with Crippen LogP contribution in [0.4, 0.5) is 5.69 Å². The number of fused-ring (bicyclic) bond motifs is 2. The predicted molar refractivity (Wildman–Crippen MR) is 147 cm³/mol. The van der Waals surface area contributed by atoms with Gasteiger partial charge in [0.15, 0.2) is 5.78 Å². The van der Waals surface area contributed by atoms with E-state index in [9.17, 15) is 19.2 Å². The molecule has 0 radical (unpaired) electrons. The number of nitrogens with zero attached hydrogens (tertiary/aromatic N) is 3. The Bertz CT molecular complexity index is 1020. The quantitative estimate of drug-likeness (QED) is 0.539. The summed E-state index contributed by atoms with van der Waals surface area (Å²) in [7, 11) is 3.87. The number of rotatable bonds is 8. The highest BCUT2D eigenvalue weighted by Crippen LogP contribution is 2.30. The summed E-state index contributed by atoms with van der Waals surface area (Å²) in [5.74, 6) is 0.0402. The first-order valence-electron chi connectivity index (χ1n) is 14.1. The van der Waals surface area contributed by atoms with E-state index in [4.69, 9.17) is 0 Å². The van der Waals surface area contributed by atoms with Crippen molar-refractivity contribution in [1.82, 2.24) is 20.4 Å². The lowest BCUT2D eigenvalue weighted by atomic mass is 9.86. The number of amides is 3. The zero-order chi connectivity index (χ0) is 27.4. The number of Topliss-reactive ketones (excluding diaryl/α,β-unsaturated/α-hetero) is 1. The molecule has 1 aromatic carbocycles. The molecule has 3 atom stereocenters. The van der Waals surface area contributed by atoms with E-state index in [1.807, 2.05) is 45.0 Å². The van der Waals surface area contributed by atoms with Crippen LogP contribution < -0.4 is 15.5 Å². The number of hydrogen-bond donors (Lipinski definition) is 2. The van der Waals surface area contributed by atoms with Crippen LogP contribution in [0.3, 0.4) is 0 Å². The number of carbonyl (C=O) groups is 4. The summed E-state index contributed by atoms with van der Waals surface area (Å²) in [5, 5.41) is 6.28. The maximum atomic E-state index is 13.7. The van der Waals surface area contributed by atoms with Crippen LogP contribution in [-0.2, 0) is 14.4 Å². The highest BCUT2D eigenvalue weighted by atomic mass is 16.2. The van der Waals surface area contributed by atoms with Gasteiger partial charge < -0.3 is 25.3 Å². The molecule has 9 heteroatoms. The van der Waals surface area contributed by atoms with Crippen LogP contribution >= 0.6 is 0 Å². The van der Waals surface area contributed by atoms with E-state index in [1.54, 1.807) is 21.9 Å². The minimum atomic E-state index is -0.708. The van der Waals surface area contributed by atoms with Gasteiger partial charge in [-0.3, -0.25) is 19.2 Å². The van der Waals surface area contributed by atoms with E-state index >= 15 is 0 Å². The minimum Gasteiger partial charge on any atom is -0.378 e. The summed E-state index contributed by atoms with van der Waals surface area (Å²) in [5.41, 5.74) is 1.48. The average molecular weight is 526 g/mol. The lowest BCUT2D eigenvalue weighted by Crippen LogP contribution is -2.65. The zero-order valence-electron chi connectivity index (χ0n) is 23.2. The molecule has 9 nitrogen and oxygen atoms in total. The summed E-state index contributed by atoms with van der Waals surface area (Å²) in [6, 6.07) is 6.01. The Kier molecular flexibility index (Phi) is 9.07. The van der Waals surface area contributed by atoms with Gasteiger partial charge in [-0.2, -0.15) is 0 Å². The number of carbonyl (C=O) groups excluding carboxylic acids is 4. The van der Waals surface area contributed by atoms with Gasteiger partial charge in [-0.1, -0.05) is 13.8 Å². The SMILES string of the molecule is CC(C)CC(NC(=O)c1ccc(N(C)C)cc1)C(=O)N1CC[C@@H]2CC1C(=O)CN2C(=O)CC1CCNCC1. The van der Waals surface area contributed by atoms with E-state index < -0.39 is 12.1 Å². The van der Waals surface area contributed by atoms with Crippen LogP contribution in [0.15, 0.2) is 24.3 Å². The molecule has 0 saturated carbocycles. The fourth-order valence-corrected chi connectivity index (χ4v) is 5.99. The van der Waals surface area contributed by atoms with E-state index in [-0.39, 0.29) is 42.0 Å². The second-order valence-electron chi connectivity index (χ2n) is 11.7. The highest BCUT2D eigenvalue weighted by molar-refractivity contribution is 5.99. The molecule has 0 spiro atoms. The molecule has 3 fully saturated rings. The molecule has 4 rings (SSSR count). The summed E-state index contributed by atoms with van der Waals surface area (Å²) < 4.78 is 0. The molecule has 3 heterocycles. The first-order chi connectivity index (χ1) is 18.1. The molecular weight excluding hydrogens is 482 g/mol. The molecule has 0 aliphatic carbocycles. The van der Waals surface area contributed by atoms with Crippen LogP contribution in [-0.4, -0.2) is 91.7 Å². The van der Waals surface area contributed by atoms with Crippen molar-refractivity contribution in [1.29, 1.82) is 0 Å². The maximum Gasteiger partial charge on any atom is 0.251 e. The summed E-state index contributed by atoms with van der Waals surface area (Å²) in [6.45, 7) is 6.40. The first kappa shape index (κ1) is 28.1. The smallest absolute Gasteiger partial charge is 0.251 e. The standard InChI is InChI=1S/C29H43N5O4/c1-19(2)15-24(31-28(37)21-5-7-22(8-6-21)32(3)4)29(38)33-14-11-23-17-25(33)26(35)18-34(23)27(36)16-20-9-12-30-13-10-20/h5-8,19-20,23-25,30H,9-18H2,1-4H3,(H,31,37)/t23-,24?,25?/m1/s1. The van der Waals surface area contributed by atoms with Crippen molar-refractivity contribution in [2.75, 3.05) is 45.2 Å². The van der Waals surface area contributed by atoms with Gasteiger partial charge in [-0.25, -0.2) is 0 Å². The van der Waals surface area contributed by atoms with Crippen molar-refractivity contribution in [3.05, 3.63) is 29.8 Å². The number of hydrogen-bond acceptors (Lipinski definition) is 6. The van der Waals surface area contributed by atoms with Gasteiger partial charge in [0.25, 0.3) is 5.91 Å². The van der Waals surface area contributed by atoms with Gasteiger partial charge in [-0.15, -0.1) is 0 Å². The third-order valence-electron chi connectivity index (χ3n) is 8.20. The van der Waals surface area contributed by atoms with Gasteiger partial charge in [0, 0.05) is 44.4 Å². The second-order valence-corrected chi connectivity index (χ2v) is 11.7. The molecule has 3 aliphatic rings. The number of benzene rings is 1. The molecule has 3 saturated heterocycles. The Hall–Kier alpha value is -2.94. The van der Waals surface area contributed by atoms with Crippen molar-refractivity contribution in [2.24, 2.45) is 11.8 Å². The summed E-state index contributed by atoms with van der Waals surface area (Å²) in [4.78, 5) is 58.5. The van der Waals surface area contributed by atoms with Crippen molar-refractivity contribution in [3.8, 4) is 0 Å². The number of nitrogens with one attached hydrogen (secondary N) is 2. The fraction of sp³-hybridized carbons (Fsp3) is 0.655. The van der Waals surface area contributed by atoms with E-state index in [0.29, 0.717) is 43.7 Å². The van der Waals surface area contributed by atoms with Gasteiger partial charge in [0.2, 0.25) is 11.8 Å². The van der Waals surface area contributed by atoms with Crippen molar-refractivity contribution in [3.63, 3.8) is 0 Å². The lowest BCUT2D eigenvalue weighted by molar-refractivity contribution is -0.154. The molecule has 2 unspecified atom stereocenters. The third-order valence-corrected chi connectivity index (χ3v) is 8.20. The van der Waals surface area contributed by atoms with Crippen LogP contribution in [0, 0.1) is 11.8 Å². The lowest BCUT2D eigenvalue weighted by Gasteiger charge is -2.48. The van der Waals surface area contributed by atoms with Crippen LogP contribution in [0.1, 0.15) is 62.7 Å². The summed E-state index contributed by atoms with van der Waals surface area (Å²) in [6.07, 6.45) is 4.11. The van der Waals surface area contributed by atoms with E-state index in [1.165, 1.54) is 0 Å². The fourth-order valence-electron chi connectivity index (χ4n) is 5.99. The Labute approximate surface area is 226 Å². The Morgan fingerprint density at radius 3 is 2.37 bits per heavy atom. The largest absolute Gasteiger partial charge is 0.378 e. The molecule has 1 aromatic rings. The molecular formula is C29H43N5O4. The normalized spacial score (nSPS) is 22.8. The van der Waals surface area contributed by atoms with Crippen molar-refractivity contribution >= 4 is 29.2 Å². The van der Waals surface area contributed by atoms with E-state index in [0.717, 1.165) is 31.6 Å². The Morgan fingerprint density at radius 1 is 1.05 bits per heavy atom. The number of anilines is 1. The minimum absolute atomic E-state index is 0.00989. The zero-order valence-corrected chi connectivity index (χ0v) is 23.2. The Balaban J connectivity index is 1.41. The van der Waals surface area contributed by atoms with Gasteiger partial charge in [-0.05, 0) is 81.3 Å². The van der Waals surface area contributed by atoms with Gasteiger partial charge >= 0.3 is 0 Å². The van der Waals surface area contributed by atoms with Crippen molar-refractivity contribution in [2.45, 2.75) is 70.5 Å². The third kappa shape index (κ3) is 6.54. The molecule has 2 N–H and O–H groups in total. The molecule has 38 heavy (non-hydrogen) atoms. The average Bonchev–Trinajstić information content (AvgIpc) is 2.90. The van der Waals surface area contributed by atoms with Crippen LogP contribution in [0.2, 0.25) is 0 Å². The molecule has 208 valence electrons. The van der Waals surface area contributed by atoms with Gasteiger partial charge in [0.1, 0.15) is 6.04 Å². The maximum absolute atomic E-state index is 13.7. The highest BCUT2D eigenvalue weighted by Gasteiger charge is 2.46. The molecule has 3 aliphatic heterocycles. The molecule has 2 bridgehead atoms. The summed E-state index contributed by atoms with van der Waals surface area (Å²) >= 11 is 0. The number of ketones is 1. The van der Waals surface area contributed by atoms with Gasteiger partial charge in [0.05, 0.1) is 12.6 Å². The second kappa shape index (κ2) is 12.3. The first-order valence-corrected chi connectivity index (χ1v) is 14.1. The van der Waals surface area contributed by atoms with Crippen molar-refractivity contribution < 1.29 is 19.2 Å². The molecule has 3 amide bonds. The predicted octanol–water partition coefficient (Wildman–Crippen LogP) is 2.06. The monoisotopic (exact) mass is 525 g/mol. The topological polar surface area (TPSA) is 102 Å². The molecule has 0 aromatic heterocycles.